The van der Waals surface area contributed by atoms with Crippen molar-refractivity contribution in [1.82, 2.24) is 19.7 Å². The minimum Gasteiger partial charge on any atom is -0.481 e. The Bertz CT molecular complexity index is 878. The Morgan fingerprint density at radius 2 is 2.16 bits per heavy atom. The molecule has 0 atom stereocenters. The van der Waals surface area contributed by atoms with Gasteiger partial charge in [0.2, 0.25) is 11.8 Å². The van der Waals surface area contributed by atoms with Crippen molar-refractivity contribution in [2.24, 2.45) is 0 Å². The number of anilines is 1. The van der Waals surface area contributed by atoms with E-state index in [0.717, 1.165) is 0 Å². The van der Waals surface area contributed by atoms with Crippen LogP contribution in [0.1, 0.15) is 5.56 Å². The highest BCUT2D eigenvalue weighted by molar-refractivity contribution is 7.97. The summed E-state index contributed by atoms with van der Waals surface area (Å²) in [4.78, 5) is 23.4. The van der Waals surface area contributed by atoms with Gasteiger partial charge in [-0.2, -0.15) is 25.2 Å². The molecular formula is C13H14ClN5O4S2. The third-order valence-corrected chi connectivity index (χ3v) is 4.86. The first-order valence-corrected chi connectivity index (χ1v) is 9.96. The van der Waals surface area contributed by atoms with Crippen LogP contribution in [0.25, 0.3) is 0 Å². The Hall–Kier alpha value is -2.11. The van der Waals surface area contributed by atoms with E-state index < -0.39 is 16.1 Å². The molecule has 0 fully saturated rings. The number of hydrogen-bond acceptors (Lipinski definition) is 8. The molecule has 0 aliphatic carbocycles. The van der Waals surface area contributed by atoms with E-state index in [-0.39, 0.29) is 22.0 Å². The van der Waals surface area contributed by atoms with E-state index in [2.05, 4.69) is 20.3 Å². The number of thioether (sulfide) groups is 1. The van der Waals surface area contributed by atoms with Crippen molar-refractivity contribution in [2.45, 2.75) is 10.8 Å². The van der Waals surface area contributed by atoms with Gasteiger partial charge in [0, 0.05) is 23.6 Å². The highest BCUT2D eigenvalue weighted by atomic mass is 35.5. The Balaban J connectivity index is 2.18. The van der Waals surface area contributed by atoms with Crippen LogP contribution >= 0.6 is 23.4 Å². The van der Waals surface area contributed by atoms with Crippen LogP contribution in [0, 0.1) is 0 Å². The van der Waals surface area contributed by atoms with Gasteiger partial charge in [0.1, 0.15) is 5.15 Å². The van der Waals surface area contributed by atoms with E-state index in [4.69, 9.17) is 16.3 Å². The quantitative estimate of drug-likeness (QED) is 0.701. The number of hydrogen-bond donors (Lipinski definition) is 2. The molecule has 2 N–H and O–H groups in total. The van der Waals surface area contributed by atoms with Crippen molar-refractivity contribution < 1.29 is 17.9 Å². The molecule has 2 rings (SSSR count). The molecule has 9 nitrogen and oxygen atoms in total. The zero-order chi connectivity index (χ0) is 18.4. The summed E-state index contributed by atoms with van der Waals surface area (Å²) in [5, 5.41) is 1.99. The number of aromatic nitrogens is 3. The molecule has 2 amide bonds. The number of halogens is 1. The van der Waals surface area contributed by atoms with Gasteiger partial charge in [0.05, 0.1) is 7.11 Å². The fraction of sp³-hybridized carbons (Fsp3) is 0.231. The van der Waals surface area contributed by atoms with Gasteiger partial charge < -0.3 is 4.74 Å². The number of amides is 2. The van der Waals surface area contributed by atoms with E-state index in [1.807, 2.05) is 11.0 Å². The van der Waals surface area contributed by atoms with E-state index in [0.29, 0.717) is 11.3 Å². The summed E-state index contributed by atoms with van der Waals surface area (Å²) in [5.74, 6) is 0.341. The molecule has 0 radical (unpaired) electrons. The second kappa shape index (κ2) is 8.32. The van der Waals surface area contributed by atoms with Crippen LogP contribution < -0.4 is 14.8 Å². The van der Waals surface area contributed by atoms with Crippen molar-refractivity contribution >= 4 is 45.4 Å². The Kier molecular flexibility index (Phi) is 6.39. The largest absolute Gasteiger partial charge is 0.481 e. The Labute approximate surface area is 153 Å². The van der Waals surface area contributed by atoms with Crippen molar-refractivity contribution in [3.8, 4) is 5.88 Å². The predicted molar refractivity (Wildman–Crippen MR) is 94.4 cm³/mol. The molecule has 0 aliphatic heterocycles. The maximum absolute atomic E-state index is 12.4. The molecule has 134 valence electrons. The average molecular weight is 404 g/mol. The first-order chi connectivity index (χ1) is 11.9. The number of methoxy groups -OCH3 is 1. The van der Waals surface area contributed by atoms with Crippen molar-refractivity contribution in [3.05, 3.63) is 35.1 Å². The molecule has 25 heavy (non-hydrogen) atoms. The third kappa shape index (κ3) is 5.18. The third-order valence-electron chi connectivity index (χ3n) is 2.74. The number of nitrogens with one attached hydrogen (secondary N) is 2. The summed E-state index contributed by atoms with van der Waals surface area (Å²) in [7, 11) is -2.80. The van der Waals surface area contributed by atoms with Crippen molar-refractivity contribution in [3.63, 3.8) is 0 Å². The maximum atomic E-state index is 12.4. The van der Waals surface area contributed by atoms with Gasteiger partial charge >= 0.3 is 6.03 Å². The van der Waals surface area contributed by atoms with Crippen LogP contribution in [0.2, 0.25) is 5.15 Å². The molecular weight excluding hydrogens is 390 g/mol. The van der Waals surface area contributed by atoms with E-state index in [1.165, 1.54) is 31.1 Å². The van der Waals surface area contributed by atoms with Crippen LogP contribution in [-0.2, 0) is 15.8 Å². The van der Waals surface area contributed by atoms with Crippen LogP contribution in [-0.4, -0.2) is 42.8 Å². The second-order valence-corrected chi connectivity index (χ2v) is 7.37. The fourth-order valence-corrected chi connectivity index (χ4v) is 3.67. The minimum absolute atomic E-state index is 0.0250. The summed E-state index contributed by atoms with van der Waals surface area (Å²) < 4.78 is 31.5. The molecule has 2 aromatic heterocycles. The van der Waals surface area contributed by atoms with Crippen molar-refractivity contribution in [1.29, 1.82) is 0 Å². The lowest BCUT2D eigenvalue weighted by Gasteiger charge is -2.10. The summed E-state index contributed by atoms with van der Waals surface area (Å²) in [5.41, 5.74) is 0.482. The van der Waals surface area contributed by atoms with Gasteiger partial charge in [-0.3, -0.25) is 5.32 Å². The van der Waals surface area contributed by atoms with Crippen LogP contribution in [0.15, 0.2) is 29.4 Å². The Morgan fingerprint density at radius 1 is 1.40 bits per heavy atom. The van der Waals surface area contributed by atoms with Gasteiger partial charge in [-0.15, -0.1) is 0 Å². The highest BCUT2D eigenvalue weighted by Gasteiger charge is 2.23. The zero-order valence-electron chi connectivity index (χ0n) is 13.2. The summed E-state index contributed by atoms with van der Waals surface area (Å²) >= 11 is 7.19. The standard InChI is InChI=1S/C13H14ClN5O4S2/c1-23-10-6-9(14)16-12(17-10)18-13(20)19-25(21,22)11-8(7-24-2)4-3-5-15-11/h3-6H,7H2,1-2H3,(H2,16,17,18,19,20). The number of nitrogens with zero attached hydrogens (tertiary/aromatic N) is 3. The van der Waals surface area contributed by atoms with Gasteiger partial charge in [-0.25, -0.2) is 19.5 Å². The Morgan fingerprint density at radius 3 is 2.84 bits per heavy atom. The van der Waals surface area contributed by atoms with Gasteiger partial charge in [0.15, 0.2) is 5.03 Å². The number of sulfonamides is 1. The molecule has 0 saturated heterocycles. The highest BCUT2D eigenvalue weighted by Crippen LogP contribution is 2.18. The SMILES string of the molecule is COc1cc(Cl)nc(NC(=O)NS(=O)(=O)c2ncccc2CSC)n1. The molecule has 0 spiro atoms. The predicted octanol–water partition coefficient (Wildman–Crippen LogP) is 1.91. The summed E-state index contributed by atoms with van der Waals surface area (Å²) in [6, 6.07) is 3.53. The number of urea groups is 1. The maximum Gasteiger partial charge on any atom is 0.335 e. The average Bonchev–Trinajstić information content (AvgIpc) is 2.54. The van der Waals surface area contributed by atoms with Crippen LogP contribution in [0.4, 0.5) is 10.7 Å². The molecule has 0 saturated carbocycles. The van der Waals surface area contributed by atoms with Crippen LogP contribution in [0.5, 0.6) is 5.88 Å². The molecule has 2 heterocycles. The number of carbonyl (C=O) groups is 1. The number of pyridine rings is 1. The van der Waals surface area contributed by atoms with Crippen LogP contribution in [0.3, 0.4) is 0 Å². The number of carbonyl (C=O) groups excluding carboxylic acids is 1. The first kappa shape index (κ1) is 19.2. The monoisotopic (exact) mass is 403 g/mol. The number of rotatable bonds is 6. The first-order valence-electron chi connectivity index (χ1n) is 6.71. The second-order valence-electron chi connectivity index (χ2n) is 4.52. The van der Waals surface area contributed by atoms with E-state index in [9.17, 15) is 13.2 Å². The van der Waals surface area contributed by atoms with Gasteiger partial charge in [-0.05, 0) is 12.3 Å². The lowest BCUT2D eigenvalue weighted by molar-refractivity contribution is 0.256. The molecule has 12 heteroatoms. The van der Waals surface area contributed by atoms with Crippen molar-refractivity contribution in [2.75, 3.05) is 18.7 Å². The topological polar surface area (TPSA) is 123 Å². The van der Waals surface area contributed by atoms with E-state index >= 15 is 0 Å². The lowest BCUT2D eigenvalue weighted by Crippen LogP contribution is -2.35. The zero-order valence-corrected chi connectivity index (χ0v) is 15.6. The minimum atomic E-state index is -4.16. The fourth-order valence-electron chi connectivity index (χ4n) is 1.79. The summed E-state index contributed by atoms with van der Waals surface area (Å²) in [6.45, 7) is 0. The molecule has 2 aromatic rings. The molecule has 0 bridgehead atoms. The normalized spacial score (nSPS) is 11.0. The van der Waals surface area contributed by atoms with Gasteiger partial charge in [-0.1, -0.05) is 17.7 Å². The van der Waals surface area contributed by atoms with Gasteiger partial charge in [0.25, 0.3) is 10.0 Å². The molecule has 0 unspecified atom stereocenters. The molecule has 0 aliphatic rings. The lowest BCUT2D eigenvalue weighted by atomic mass is 10.3. The smallest absolute Gasteiger partial charge is 0.335 e. The van der Waals surface area contributed by atoms with E-state index in [1.54, 1.807) is 12.1 Å². The number of ether oxygens (including phenoxy) is 1. The molecule has 0 aromatic carbocycles. The summed E-state index contributed by atoms with van der Waals surface area (Å²) in [6.07, 6.45) is 3.16.